The van der Waals surface area contributed by atoms with Gasteiger partial charge in [-0.3, -0.25) is 0 Å². The van der Waals surface area contributed by atoms with Crippen molar-refractivity contribution in [2.24, 2.45) is 0 Å². The predicted molar refractivity (Wildman–Crippen MR) is 66.7 cm³/mol. The summed E-state index contributed by atoms with van der Waals surface area (Å²) in [5, 5.41) is 2.46. The molecule has 0 saturated heterocycles. The van der Waals surface area contributed by atoms with Gasteiger partial charge in [0.05, 0.1) is 5.91 Å². The molecular weight excluding hydrogens is 312 g/mol. The number of nitrogens with zero attached hydrogens (tertiary/aromatic N) is 1. The van der Waals surface area contributed by atoms with Crippen molar-refractivity contribution in [3.63, 3.8) is 0 Å². The first-order chi connectivity index (χ1) is 7.37. The smallest absolute Gasteiger partial charge is 0.130 e. The van der Waals surface area contributed by atoms with Crippen LogP contribution in [-0.4, -0.2) is 24.2 Å². The van der Waals surface area contributed by atoms with Crippen LogP contribution in [0.15, 0.2) is 24.1 Å². The number of nitrogens with one attached hydrogen (secondary N) is 1. The van der Waals surface area contributed by atoms with Crippen LogP contribution in [0.2, 0.25) is 0 Å². The Hall–Kier alpha value is -0.436. The number of carbonyl (C=O) groups is 1. The Bertz CT molecular complexity index is 451. The maximum Gasteiger partial charge on any atom is 0.130 e. The summed E-state index contributed by atoms with van der Waals surface area (Å²) in [5.74, 6) is 1.72. The van der Waals surface area contributed by atoms with E-state index in [4.69, 9.17) is 0 Å². The molecule has 0 fully saturated rings. The van der Waals surface area contributed by atoms with Crippen LogP contribution in [-0.2, 0) is 42.1 Å². The van der Waals surface area contributed by atoms with Crippen LogP contribution in [0, 0.1) is 6.92 Å². The Morgan fingerprint density at radius 3 is 2.53 bits per heavy atom. The van der Waals surface area contributed by atoms with E-state index in [9.17, 15) is 9.36 Å². The van der Waals surface area contributed by atoms with Crippen molar-refractivity contribution in [2.45, 2.75) is 0 Å². The fraction of sp³-hybridized carbons (Fsp3) is 0.182. The molecule has 0 spiro atoms. The predicted octanol–water partition coefficient (Wildman–Crippen LogP) is 2.45. The Morgan fingerprint density at radius 2 is 2.12 bits per heavy atom. The number of rotatable bonds is 3. The molecule has 1 radical (unpaired) electrons. The van der Waals surface area contributed by atoms with Gasteiger partial charge in [-0.2, -0.15) is 0 Å². The van der Waals surface area contributed by atoms with Gasteiger partial charge in [-0.05, 0) is 36.8 Å². The summed E-state index contributed by atoms with van der Waals surface area (Å²) in [5.41, 5.74) is 0.839. The fourth-order valence-corrected chi connectivity index (χ4v) is 1.52. The first-order valence-corrected chi connectivity index (χ1v) is 7.37. The van der Waals surface area contributed by atoms with Crippen molar-refractivity contribution in [1.29, 1.82) is 0 Å². The normalized spacial score (nSPS) is 10.9. The molecule has 17 heavy (non-hydrogen) atoms. The minimum atomic E-state index is -2.15. The second-order valence-electron chi connectivity index (χ2n) is 3.77. The van der Waals surface area contributed by atoms with Gasteiger partial charge in [0.25, 0.3) is 0 Å². The molecule has 1 amide bonds. The standard InChI is InChI=1S/C11H14N2O2P.Y/c1-9(14)13-11-5-4-10(8-12-11)6-7-16(2,3)15;/h4-8H,1H2,2-3H3,(H,12,13,14);/q-1;/b7-6+;. The van der Waals surface area contributed by atoms with Crippen LogP contribution in [0.25, 0.3) is 6.08 Å². The summed E-state index contributed by atoms with van der Waals surface area (Å²) in [4.78, 5) is 14.6. The molecule has 1 aromatic rings. The van der Waals surface area contributed by atoms with Crippen molar-refractivity contribution >= 4 is 24.9 Å². The zero-order valence-corrected chi connectivity index (χ0v) is 13.6. The Labute approximate surface area is 127 Å². The van der Waals surface area contributed by atoms with E-state index in [1.165, 1.54) is 0 Å². The minimum Gasteiger partial charge on any atom is -0.336 e. The summed E-state index contributed by atoms with van der Waals surface area (Å²) in [6.45, 7) is 6.56. The summed E-state index contributed by atoms with van der Waals surface area (Å²) >= 11 is 0. The van der Waals surface area contributed by atoms with Crippen molar-refractivity contribution in [3.8, 4) is 0 Å². The quantitative estimate of drug-likeness (QED) is 0.686. The largest absolute Gasteiger partial charge is 0.336 e. The van der Waals surface area contributed by atoms with Crippen molar-refractivity contribution in [2.75, 3.05) is 18.6 Å². The van der Waals surface area contributed by atoms with Crippen molar-refractivity contribution < 1.29 is 42.1 Å². The molecule has 0 aliphatic carbocycles. The summed E-state index contributed by atoms with van der Waals surface area (Å²) in [7, 11) is -2.15. The number of anilines is 1. The average Bonchev–Trinajstić information content (AvgIpc) is 2.14. The van der Waals surface area contributed by atoms with Crippen LogP contribution in [0.1, 0.15) is 5.56 Å². The molecule has 0 atom stereocenters. The molecule has 0 aromatic carbocycles. The molecule has 0 bridgehead atoms. The third-order valence-electron chi connectivity index (χ3n) is 1.68. The van der Waals surface area contributed by atoms with Gasteiger partial charge in [-0.25, -0.2) is 4.98 Å². The van der Waals surface area contributed by atoms with Crippen LogP contribution in [0.3, 0.4) is 0 Å². The second kappa shape index (κ2) is 7.10. The topological polar surface area (TPSA) is 59.1 Å². The monoisotopic (exact) mass is 326 g/mol. The van der Waals surface area contributed by atoms with Gasteiger partial charge in [0.2, 0.25) is 0 Å². The summed E-state index contributed by atoms with van der Waals surface area (Å²) < 4.78 is 11.4. The van der Waals surface area contributed by atoms with Gasteiger partial charge in [0.1, 0.15) is 13.0 Å². The number of hydrogen-bond acceptors (Lipinski definition) is 3. The third-order valence-corrected chi connectivity index (χ3v) is 2.55. The van der Waals surface area contributed by atoms with Gasteiger partial charge >= 0.3 is 0 Å². The molecular formula is C11H14N2O2PY-. The van der Waals surface area contributed by atoms with Crippen LogP contribution >= 0.6 is 7.14 Å². The van der Waals surface area contributed by atoms with Gasteiger partial charge in [-0.15, -0.1) is 0 Å². The van der Waals surface area contributed by atoms with Gasteiger partial charge < -0.3 is 21.6 Å². The molecule has 1 N–H and O–H groups in total. The second-order valence-corrected chi connectivity index (χ2v) is 6.94. The number of carbonyl (C=O) groups excluding carboxylic acids is 1. The van der Waals surface area contributed by atoms with Crippen molar-refractivity contribution in [1.82, 2.24) is 4.98 Å². The Morgan fingerprint density at radius 1 is 1.47 bits per heavy atom. The number of hydrogen-bond donors (Lipinski definition) is 1. The number of aromatic nitrogens is 1. The van der Waals surface area contributed by atoms with E-state index in [2.05, 4.69) is 17.2 Å². The van der Waals surface area contributed by atoms with Crippen LogP contribution in [0.5, 0.6) is 0 Å². The Kier molecular flexibility index (Phi) is 6.92. The molecule has 6 heteroatoms. The average molecular weight is 326 g/mol. The third kappa shape index (κ3) is 7.48. The zero-order valence-electron chi connectivity index (χ0n) is 9.88. The maximum atomic E-state index is 11.4. The first-order valence-electron chi connectivity index (χ1n) is 4.70. The van der Waals surface area contributed by atoms with E-state index in [1.54, 1.807) is 43.6 Å². The molecule has 1 rings (SSSR count). The Balaban J connectivity index is 0.00000256. The zero-order chi connectivity index (χ0) is 12.2. The van der Waals surface area contributed by atoms with Gasteiger partial charge in [-0.1, -0.05) is 6.08 Å². The molecule has 4 nitrogen and oxygen atoms in total. The maximum absolute atomic E-state index is 11.4. The van der Waals surface area contributed by atoms with E-state index in [1.807, 2.05) is 0 Å². The van der Waals surface area contributed by atoms with E-state index in [0.717, 1.165) is 5.56 Å². The SMILES string of the molecule is [CH2-]C(=O)Nc1ccc(/C=C/P(C)(C)=O)cn1.[Y]. The number of pyridine rings is 1. The van der Waals surface area contributed by atoms with Gasteiger partial charge in [0.15, 0.2) is 0 Å². The molecule has 0 unspecified atom stereocenters. The molecule has 0 aliphatic rings. The molecule has 1 aromatic heterocycles. The van der Waals surface area contributed by atoms with E-state index < -0.39 is 13.0 Å². The molecule has 0 aliphatic heterocycles. The van der Waals surface area contributed by atoms with Crippen LogP contribution in [0.4, 0.5) is 5.82 Å². The fourth-order valence-electron chi connectivity index (χ4n) is 0.986. The minimum absolute atomic E-state index is 0. The number of amides is 1. The molecule has 1 heterocycles. The van der Waals surface area contributed by atoms with E-state index in [-0.39, 0.29) is 32.7 Å². The molecule has 0 saturated carbocycles. The summed E-state index contributed by atoms with van der Waals surface area (Å²) in [6.07, 6.45) is 3.35. The van der Waals surface area contributed by atoms with E-state index >= 15 is 0 Å². The van der Waals surface area contributed by atoms with Crippen molar-refractivity contribution in [3.05, 3.63) is 36.6 Å². The van der Waals surface area contributed by atoms with E-state index in [0.29, 0.717) is 5.82 Å². The first kappa shape index (κ1) is 16.6. The van der Waals surface area contributed by atoms with Crippen LogP contribution < -0.4 is 5.32 Å². The van der Waals surface area contributed by atoms with Gasteiger partial charge in [0, 0.05) is 38.9 Å². The summed E-state index contributed by atoms with van der Waals surface area (Å²) in [6, 6.07) is 3.45. The molecule has 89 valence electrons.